The number of amides is 3. The van der Waals surface area contributed by atoms with Gasteiger partial charge in [0.05, 0.1) is 6.04 Å². The zero-order valence-electron chi connectivity index (χ0n) is 23.1. The average molecular weight is 571 g/mol. The molecule has 0 radical (unpaired) electrons. The molecule has 2 rings (SSSR count). The molecule has 0 saturated heterocycles. The summed E-state index contributed by atoms with van der Waals surface area (Å²) in [6.45, 7) is 3.53. The number of hydrogen-bond donors (Lipinski definition) is 7. The van der Waals surface area contributed by atoms with Gasteiger partial charge in [-0.05, 0) is 42.0 Å². The van der Waals surface area contributed by atoms with E-state index in [-0.39, 0.29) is 30.9 Å². The number of hydrogen-bond acceptors (Lipinski definition) is 7. The van der Waals surface area contributed by atoms with Gasteiger partial charge in [0.1, 0.15) is 23.9 Å². The molecule has 0 fully saturated rings. The summed E-state index contributed by atoms with van der Waals surface area (Å²) in [5.41, 5.74) is 7.42. The molecule has 2 aromatic rings. The minimum absolute atomic E-state index is 0.0218. The highest BCUT2D eigenvalue weighted by Gasteiger charge is 2.32. The van der Waals surface area contributed by atoms with Gasteiger partial charge in [-0.3, -0.25) is 19.2 Å². The number of phenols is 1. The normalized spacial score (nSPS) is 14.5. The summed E-state index contributed by atoms with van der Waals surface area (Å²) in [6, 6.07) is 10.00. The lowest BCUT2D eigenvalue weighted by atomic mass is 9.96. The lowest BCUT2D eigenvalue weighted by Crippen LogP contribution is -2.59. The van der Waals surface area contributed by atoms with Crippen LogP contribution in [0.1, 0.15) is 44.2 Å². The number of carbonyl (C=O) groups is 5. The first-order valence-electron chi connectivity index (χ1n) is 13.3. The molecular weight excluding hydrogens is 532 g/mol. The van der Waals surface area contributed by atoms with Crippen molar-refractivity contribution in [1.82, 2.24) is 16.0 Å². The number of aromatic hydroxyl groups is 1. The maximum atomic E-state index is 13.3. The largest absolute Gasteiger partial charge is 0.508 e. The van der Waals surface area contributed by atoms with E-state index in [4.69, 9.17) is 5.73 Å². The number of rotatable bonds is 16. The molecule has 5 atom stereocenters. The summed E-state index contributed by atoms with van der Waals surface area (Å²) in [6.07, 6.45) is -0.164. The molecule has 0 spiro atoms. The van der Waals surface area contributed by atoms with Crippen molar-refractivity contribution in [3.63, 3.8) is 0 Å². The van der Waals surface area contributed by atoms with E-state index in [1.807, 2.05) is 6.92 Å². The second-order valence-electron chi connectivity index (χ2n) is 9.93. The van der Waals surface area contributed by atoms with Gasteiger partial charge < -0.3 is 37.0 Å². The SMILES string of the molecule is CCC(C)C(NC(=O)C(N)Cc1ccc(O)cc1)C(=O)NC(CCC(=O)O)C(=O)NC(Cc1ccccc1)C(=O)O. The molecule has 0 aliphatic rings. The monoisotopic (exact) mass is 570 g/mol. The van der Waals surface area contributed by atoms with E-state index in [2.05, 4.69) is 16.0 Å². The Morgan fingerprint density at radius 3 is 1.93 bits per heavy atom. The number of carbonyl (C=O) groups excluding carboxylic acids is 3. The van der Waals surface area contributed by atoms with Crippen molar-refractivity contribution in [3.8, 4) is 5.75 Å². The van der Waals surface area contributed by atoms with Crippen LogP contribution >= 0.6 is 0 Å². The van der Waals surface area contributed by atoms with Crippen LogP contribution in [0.15, 0.2) is 54.6 Å². The molecule has 8 N–H and O–H groups in total. The molecule has 12 nitrogen and oxygen atoms in total. The number of carboxylic acid groups (broad SMARTS) is 2. The van der Waals surface area contributed by atoms with Crippen LogP contribution in [0.5, 0.6) is 5.75 Å². The molecular formula is C29H38N4O8. The Morgan fingerprint density at radius 1 is 0.780 bits per heavy atom. The van der Waals surface area contributed by atoms with Crippen LogP contribution < -0.4 is 21.7 Å². The third-order valence-electron chi connectivity index (χ3n) is 6.70. The predicted octanol–water partition coefficient (Wildman–Crippen LogP) is 0.955. The molecule has 0 aromatic heterocycles. The highest BCUT2D eigenvalue weighted by molar-refractivity contribution is 5.94. The first-order chi connectivity index (χ1) is 19.4. The van der Waals surface area contributed by atoms with Gasteiger partial charge in [-0.25, -0.2) is 4.79 Å². The van der Waals surface area contributed by atoms with E-state index in [0.29, 0.717) is 17.5 Å². The molecule has 0 bridgehead atoms. The number of aliphatic carboxylic acids is 2. The standard InChI is InChI=1S/C29H38N4O8/c1-3-17(2)25(33-26(37)21(30)15-19-9-11-20(34)12-10-19)28(39)31-22(13-14-24(35)36)27(38)32-23(29(40)41)16-18-7-5-4-6-8-18/h4-12,17,21-23,25,34H,3,13-16,30H2,1-2H3,(H,31,39)(H,32,38)(H,33,37)(H,35,36)(H,40,41). The molecule has 12 heteroatoms. The fourth-order valence-corrected chi connectivity index (χ4v) is 4.06. The molecule has 2 aromatic carbocycles. The maximum absolute atomic E-state index is 13.3. The minimum Gasteiger partial charge on any atom is -0.508 e. The zero-order chi connectivity index (χ0) is 30.5. The van der Waals surface area contributed by atoms with Crippen LogP contribution in [0.4, 0.5) is 0 Å². The van der Waals surface area contributed by atoms with Crippen molar-refractivity contribution in [3.05, 3.63) is 65.7 Å². The molecule has 41 heavy (non-hydrogen) atoms. The fraction of sp³-hybridized carbons (Fsp3) is 0.414. The second kappa shape index (κ2) is 16.0. The van der Waals surface area contributed by atoms with Crippen LogP contribution in [0.3, 0.4) is 0 Å². The number of nitrogens with two attached hydrogens (primary N) is 1. The fourth-order valence-electron chi connectivity index (χ4n) is 4.06. The number of carboxylic acids is 2. The van der Waals surface area contributed by atoms with E-state index in [0.717, 1.165) is 0 Å². The van der Waals surface area contributed by atoms with Crippen LogP contribution in [0.2, 0.25) is 0 Å². The van der Waals surface area contributed by atoms with Gasteiger partial charge in [-0.2, -0.15) is 0 Å². The summed E-state index contributed by atoms with van der Waals surface area (Å²) < 4.78 is 0. The van der Waals surface area contributed by atoms with Crippen LogP contribution in [0.25, 0.3) is 0 Å². The van der Waals surface area contributed by atoms with E-state index in [1.54, 1.807) is 49.4 Å². The molecule has 0 aliphatic heterocycles. The van der Waals surface area contributed by atoms with Crippen molar-refractivity contribution in [1.29, 1.82) is 0 Å². The Kier molecular flexibility index (Phi) is 12.8. The topological polar surface area (TPSA) is 208 Å². The highest BCUT2D eigenvalue weighted by Crippen LogP contribution is 2.13. The molecule has 0 aliphatic carbocycles. The van der Waals surface area contributed by atoms with Crippen molar-refractivity contribution in [2.24, 2.45) is 11.7 Å². The van der Waals surface area contributed by atoms with Crippen molar-refractivity contribution in [2.75, 3.05) is 0 Å². The van der Waals surface area contributed by atoms with E-state index >= 15 is 0 Å². The van der Waals surface area contributed by atoms with Gasteiger partial charge in [0, 0.05) is 12.8 Å². The van der Waals surface area contributed by atoms with Crippen LogP contribution in [0, 0.1) is 5.92 Å². The zero-order valence-corrected chi connectivity index (χ0v) is 23.1. The first-order valence-corrected chi connectivity index (χ1v) is 13.3. The third kappa shape index (κ3) is 10.9. The lowest BCUT2D eigenvalue weighted by molar-refractivity contribution is -0.143. The summed E-state index contributed by atoms with van der Waals surface area (Å²) in [7, 11) is 0. The molecule has 0 heterocycles. The number of nitrogens with one attached hydrogen (secondary N) is 3. The first kappa shape index (κ1) is 32.8. The minimum atomic E-state index is -1.37. The van der Waals surface area contributed by atoms with Gasteiger partial charge in [-0.1, -0.05) is 62.7 Å². The van der Waals surface area contributed by atoms with Crippen molar-refractivity contribution >= 4 is 29.7 Å². The van der Waals surface area contributed by atoms with E-state index in [9.17, 15) is 39.3 Å². The molecule has 5 unspecified atom stereocenters. The number of phenolic OH excluding ortho intramolecular Hbond substituents is 1. The summed E-state index contributed by atoms with van der Waals surface area (Å²) >= 11 is 0. The van der Waals surface area contributed by atoms with Gasteiger partial charge in [-0.15, -0.1) is 0 Å². The summed E-state index contributed by atoms with van der Waals surface area (Å²) in [4.78, 5) is 62.4. The summed E-state index contributed by atoms with van der Waals surface area (Å²) in [5, 5.41) is 35.8. The van der Waals surface area contributed by atoms with Crippen molar-refractivity contribution < 1.29 is 39.3 Å². The third-order valence-corrected chi connectivity index (χ3v) is 6.70. The Morgan fingerprint density at radius 2 is 1.37 bits per heavy atom. The molecule has 222 valence electrons. The molecule has 3 amide bonds. The smallest absolute Gasteiger partial charge is 0.326 e. The van der Waals surface area contributed by atoms with E-state index in [1.165, 1.54) is 12.1 Å². The van der Waals surface area contributed by atoms with E-state index < -0.39 is 60.2 Å². The average Bonchev–Trinajstić information content (AvgIpc) is 2.94. The van der Waals surface area contributed by atoms with Gasteiger partial charge >= 0.3 is 11.9 Å². The Labute approximate surface area is 238 Å². The maximum Gasteiger partial charge on any atom is 0.326 e. The van der Waals surface area contributed by atoms with Gasteiger partial charge in [0.2, 0.25) is 17.7 Å². The van der Waals surface area contributed by atoms with Gasteiger partial charge in [0.25, 0.3) is 0 Å². The lowest BCUT2D eigenvalue weighted by Gasteiger charge is -2.28. The van der Waals surface area contributed by atoms with Gasteiger partial charge in [0.15, 0.2) is 0 Å². The van der Waals surface area contributed by atoms with Crippen LogP contribution in [-0.4, -0.2) is 69.1 Å². The molecule has 0 saturated carbocycles. The Hall–Kier alpha value is -4.45. The predicted molar refractivity (Wildman–Crippen MR) is 150 cm³/mol. The highest BCUT2D eigenvalue weighted by atomic mass is 16.4. The Bertz CT molecular complexity index is 1190. The second-order valence-corrected chi connectivity index (χ2v) is 9.93. The quantitative estimate of drug-likeness (QED) is 0.153. The van der Waals surface area contributed by atoms with Crippen LogP contribution in [-0.2, 0) is 36.8 Å². The summed E-state index contributed by atoms with van der Waals surface area (Å²) in [5.74, 6) is -5.02. The number of benzene rings is 2. The Balaban J connectivity index is 2.16. The van der Waals surface area contributed by atoms with Crippen molar-refractivity contribution in [2.45, 2.75) is 70.1 Å².